The number of amides is 1. The Morgan fingerprint density at radius 2 is 2.00 bits per heavy atom. The van der Waals surface area contributed by atoms with Crippen molar-refractivity contribution in [3.8, 4) is 0 Å². The Balaban J connectivity index is 1.67. The zero-order valence-electron chi connectivity index (χ0n) is 12.1. The molecule has 1 saturated carbocycles. The molecule has 0 bridgehead atoms. The predicted octanol–water partition coefficient (Wildman–Crippen LogP) is 4.24. The van der Waals surface area contributed by atoms with Crippen molar-refractivity contribution in [2.24, 2.45) is 5.92 Å². The van der Waals surface area contributed by atoms with Crippen LogP contribution in [0.25, 0.3) is 0 Å². The third-order valence-corrected chi connectivity index (χ3v) is 5.01. The number of halogens is 1. The summed E-state index contributed by atoms with van der Waals surface area (Å²) >= 11 is 3.51. The normalized spacial score (nSPS) is 20.4. The van der Waals surface area contributed by atoms with Crippen molar-refractivity contribution < 1.29 is 4.79 Å². The van der Waals surface area contributed by atoms with E-state index in [9.17, 15) is 4.79 Å². The van der Waals surface area contributed by atoms with Gasteiger partial charge in [0, 0.05) is 29.8 Å². The molecule has 20 heavy (non-hydrogen) atoms. The van der Waals surface area contributed by atoms with Crippen LogP contribution in [0.4, 0.5) is 0 Å². The second-order valence-corrected chi connectivity index (χ2v) is 7.12. The highest BCUT2D eigenvalue weighted by Gasteiger charge is 2.30. The minimum Gasteiger partial charge on any atom is -0.339 e. The third-order valence-electron chi connectivity index (χ3n) is 4.57. The first-order valence-electron chi connectivity index (χ1n) is 7.85. The molecule has 0 atom stereocenters. The fourth-order valence-electron chi connectivity index (χ4n) is 3.27. The molecular formula is C16H23BrN2O. The number of rotatable bonds is 4. The Kier molecular flexibility index (Phi) is 4.20. The molecule has 2 fully saturated rings. The maximum atomic E-state index is 12.7. The van der Waals surface area contributed by atoms with Gasteiger partial charge in [-0.3, -0.25) is 4.79 Å². The van der Waals surface area contributed by atoms with E-state index in [0.717, 1.165) is 29.2 Å². The number of likely N-dealkylation sites (tertiary alicyclic amines) is 1. The number of aromatic nitrogens is 1. The molecule has 1 aliphatic carbocycles. The lowest BCUT2D eigenvalue weighted by molar-refractivity contribution is 0.0675. The second kappa shape index (κ2) is 5.92. The van der Waals surface area contributed by atoms with Gasteiger partial charge in [-0.1, -0.05) is 19.8 Å². The van der Waals surface area contributed by atoms with Gasteiger partial charge < -0.3 is 9.47 Å². The highest BCUT2D eigenvalue weighted by molar-refractivity contribution is 9.10. The summed E-state index contributed by atoms with van der Waals surface area (Å²) in [6.45, 7) is 4.10. The Labute approximate surface area is 129 Å². The van der Waals surface area contributed by atoms with E-state index in [1.54, 1.807) is 0 Å². The standard InChI is InChI=1S/C16H23BrN2O/c1-2-3-12-6-8-18(9-7-12)16(20)15-10-13(17)11-19(15)14-4-5-14/h10-12,14H,2-9H2,1H3. The van der Waals surface area contributed by atoms with Crippen LogP contribution in [0.5, 0.6) is 0 Å². The van der Waals surface area contributed by atoms with Crippen LogP contribution in [-0.4, -0.2) is 28.5 Å². The van der Waals surface area contributed by atoms with E-state index >= 15 is 0 Å². The quantitative estimate of drug-likeness (QED) is 0.806. The summed E-state index contributed by atoms with van der Waals surface area (Å²) in [5, 5.41) is 0. The summed E-state index contributed by atoms with van der Waals surface area (Å²) in [6.07, 6.45) is 9.40. The number of piperidine rings is 1. The molecule has 1 amide bonds. The van der Waals surface area contributed by atoms with Crippen molar-refractivity contribution in [2.45, 2.75) is 51.5 Å². The van der Waals surface area contributed by atoms with Crippen LogP contribution in [0.3, 0.4) is 0 Å². The monoisotopic (exact) mass is 338 g/mol. The van der Waals surface area contributed by atoms with Crippen LogP contribution >= 0.6 is 15.9 Å². The van der Waals surface area contributed by atoms with Crippen molar-refractivity contribution in [3.05, 3.63) is 22.4 Å². The van der Waals surface area contributed by atoms with Gasteiger partial charge in [0.2, 0.25) is 0 Å². The highest BCUT2D eigenvalue weighted by Crippen LogP contribution is 2.38. The summed E-state index contributed by atoms with van der Waals surface area (Å²) < 4.78 is 3.19. The van der Waals surface area contributed by atoms with Gasteiger partial charge in [0.1, 0.15) is 5.69 Å². The number of nitrogens with zero attached hydrogens (tertiary/aromatic N) is 2. The van der Waals surface area contributed by atoms with Crippen LogP contribution in [0.2, 0.25) is 0 Å². The summed E-state index contributed by atoms with van der Waals surface area (Å²) in [4.78, 5) is 14.8. The van der Waals surface area contributed by atoms with Crippen LogP contribution < -0.4 is 0 Å². The SMILES string of the molecule is CCCC1CCN(C(=O)c2cc(Br)cn2C2CC2)CC1. The van der Waals surface area contributed by atoms with Crippen molar-refractivity contribution in [2.75, 3.05) is 13.1 Å². The number of hydrogen-bond donors (Lipinski definition) is 0. The van der Waals surface area contributed by atoms with Crippen molar-refractivity contribution >= 4 is 21.8 Å². The maximum absolute atomic E-state index is 12.7. The second-order valence-electron chi connectivity index (χ2n) is 6.21. The molecule has 1 aromatic rings. The van der Waals surface area contributed by atoms with E-state index in [1.807, 2.05) is 11.0 Å². The fraction of sp³-hybridized carbons (Fsp3) is 0.688. The van der Waals surface area contributed by atoms with Crippen molar-refractivity contribution in [1.82, 2.24) is 9.47 Å². The third kappa shape index (κ3) is 2.95. The van der Waals surface area contributed by atoms with Crippen LogP contribution in [-0.2, 0) is 0 Å². The molecule has 2 heterocycles. The summed E-state index contributed by atoms with van der Waals surface area (Å²) in [7, 11) is 0. The molecule has 1 aromatic heterocycles. The minimum atomic E-state index is 0.220. The fourth-order valence-corrected chi connectivity index (χ4v) is 3.70. The van der Waals surface area contributed by atoms with E-state index < -0.39 is 0 Å². The lowest BCUT2D eigenvalue weighted by atomic mass is 9.92. The topological polar surface area (TPSA) is 25.2 Å². The first-order chi connectivity index (χ1) is 9.69. The van der Waals surface area contributed by atoms with Gasteiger partial charge in [-0.05, 0) is 53.6 Å². The van der Waals surface area contributed by atoms with Gasteiger partial charge in [-0.15, -0.1) is 0 Å². The van der Waals surface area contributed by atoms with Crippen molar-refractivity contribution in [3.63, 3.8) is 0 Å². The summed E-state index contributed by atoms with van der Waals surface area (Å²) in [5.41, 5.74) is 0.869. The average Bonchev–Trinajstić information content (AvgIpc) is 3.22. The first-order valence-corrected chi connectivity index (χ1v) is 8.65. The first kappa shape index (κ1) is 14.2. The number of carbonyl (C=O) groups is 1. The molecule has 3 rings (SSSR count). The van der Waals surface area contributed by atoms with E-state index in [4.69, 9.17) is 0 Å². The Morgan fingerprint density at radius 1 is 1.30 bits per heavy atom. The van der Waals surface area contributed by atoms with Gasteiger partial charge in [-0.25, -0.2) is 0 Å². The van der Waals surface area contributed by atoms with E-state index in [1.165, 1.54) is 38.5 Å². The molecule has 0 radical (unpaired) electrons. The zero-order valence-corrected chi connectivity index (χ0v) is 13.7. The van der Waals surface area contributed by atoms with Gasteiger partial charge in [-0.2, -0.15) is 0 Å². The van der Waals surface area contributed by atoms with E-state index in [-0.39, 0.29) is 5.91 Å². The highest BCUT2D eigenvalue weighted by atomic mass is 79.9. The molecule has 3 nitrogen and oxygen atoms in total. The molecule has 1 aliphatic heterocycles. The summed E-state index contributed by atoms with van der Waals surface area (Å²) in [6, 6.07) is 2.54. The van der Waals surface area contributed by atoms with Gasteiger partial charge >= 0.3 is 0 Å². The maximum Gasteiger partial charge on any atom is 0.270 e. The number of carbonyl (C=O) groups excluding carboxylic acids is 1. The van der Waals surface area contributed by atoms with Gasteiger partial charge in [0.05, 0.1) is 0 Å². The molecule has 2 aliphatic rings. The average molecular weight is 339 g/mol. The molecule has 0 spiro atoms. The van der Waals surface area contributed by atoms with Gasteiger partial charge in [0.25, 0.3) is 5.91 Å². The largest absolute Gasteiger partial charge is 0.339 e. The lowest BCUT2D eigenvalue weighted by Gasteiger charge is -2.32. The minimum absolute atomic E-state index is 0.220. The van der Waals surface area contributed by atoms with Crippen LogP contribution in [0.15, 0.2) is 16.7 Å². The molecule has 0 unspecified atom stereocenters. The van der Waals surface area contributed by atoms with Crippen LogP contribution in [0, 0.1) is 5.92 Å². The lowest BCUT2D eigenvalue weighted by Crippen LogP contribution is -2.39. The predicted molar refractivity (Wildman–Crippen MR) is 83.9 cm³/mol. The van der Waals surface area contributed by atoms with Crippen LogP contribution in [0.1, 0.15) is 62.0 Å². The Morgan fingerprint density at radius 3 is 2.60 bits per heavy atom. The molecule has 0 aromatic carbocycles. The number of hydrogen-bond acceptors (Lipinski definition) is 1. The van der Waals surface area contributed by atoms with E-state index in [0.29, 0.717) is 6.04 Å². The molecule has 1 saturated heterocycles. The molecule has 0 N–H and O–H groups in total. The van der Waals surface area contributed by atoms with Crippen molar-refractivity contribution in [1.29, 1.82) is 0 Å². The molecule has 4 heteroatoms. The molecule has 110 valence electrons. The Hall–Kier alpha value is -0.770. The van der Waals surface area contributed by atoms with E-state index in [2.05, 4.69) is 33.6 Å². The van der Waals surface area contributed by atoms with Gasteiger partial charge in [0.15, 0.2) is 0 Å². The summed E-state index contributed by atoms with van der Waals surface area (Å²) in [5.74, 6) is 1.04. The molecular weight excluding hydrogens is 316 g/mol. The Bertz CT molecular complexity index is 485. The zero-order chi connectivity index (χ0) is 14.1. The smallest absolute Gasteiger partial charge is 0.270 e.